The molecule has 4 aromatic rings. The molecule has 12 nitrogen and oxygen atoms in total. The third kappa shape index (κ3) is 8.91. The van der Waals surface area contributed by atoms with E-state index in [4.69, 9.17) is 18.9 Å². The minimum absolute atomic E-state index is 0.0448. The molecule has 1 saturated carbocycles. The van der Waals surface area contributed by atoms with Crippen molar-refractivity contribution < 1.29 is 54.1 Å². The third-order valence-electron chi connectivity index (χ3n) is 9.64. The van der Waals surface area contributed by atoms with Crippen LogP contribution in [0.15, 0.2) is 65.8 Å². The monoisotopic (exact) mass is 805 g/mol. The number of amides is 1. The van der Waals surface area contributed by atoms with E-state index < -0.39 is 57.5 Å². The molecule has 1 N–H and O–H groups in total. The van der Waals surface area contributed by atoms with Crippen LogP contribution in [0, 0.1) is 0 Å². The minimum atomic E-state index is -4.85. The van der Waals surface area contributed by atoms with Gasteiger partial charge in [0.25, 0.3) is 21.9 Å². The maximum absolute atomic E-state index is 14.5. The highest BCUT2D eigenvalue weighted by Gasteiger charge is 2.43. The number of methoxy groups -OCH3 is 4. The first-order valence-corrected chi connectivity index (χ1v) is 18.9. The molecule has 2 aromatic carbocycles. The number of alkyl halides is 5. The van der Waals surface area contributed by atoms with Gasteiger partial charge in [0.1, 0.15) is 34.5 Å². The normalized spacial score (nSPS) is 15.7. The molecule has 3 heterocycles. The SMILES string of the molecule is COc1ccc(CN(Cc2ccc(OC)cc2OC)S(=O)(=O)c2cc(NC(=O)c3cc(C4CC4)c(C(F)(F)F)nc3N3CCC(F)(F)CC3)ccn2)c(OC)c1. The number of hydrogen-bond donors (Lipinski definition) is 1. The number of aromatic nitrogens is 2. The van der Waals surface area contributed by atoms with Crippen LogP contribution in [0.3, 0.4) is 0 Å². The van der Waals surface area contributed by atoms with E-state index in [1.54, 1.807) is 36.4 Å². The number of rotatable bonds is 14. The van der Waals surface area contributed by atoms with Gasteiger partial charge in [-0.05, 0) is 48.6 Å². The Labute approximate surface area is 320 Å². The number of nitrogens with one attached hydrogen (secondary N) is 1. The Morgan fingerprint density at radius 1 is 0.875 bits per heavy atom. The van der Waals surface area contributed by atoms with Gasteiger partial charge in [-0.1, -0.05) is 12.1 Å². The number of piperidine rings is 1. The molecule has 300 valence electrons. The van der Waals surface area contributed by atoms with Crippen LogP contribution in [0.25, 0.3) is 0 Å². The molecule has 0 radical (unpaired) electrons. The number of sulfonamides is 1. The Morgan fingerprint density at radius 3 is 1.95 bits per heavy atom. The first kappa shape index (κ1) is 40.4. The van der Waals surface area contributed by atoms with E-state index in [-0.39, 0.29) is 48.8 Å². The van der Waals surface area contributed by atoms with Crippen molar-refractivity contribution in [3.8, 4) is 23.0 Å². The van der Waals surface area contributed by atoms with E-state index in [1.165, 1.54) is 39.4 Å². The highest BCUT2D eigenvalue weighted by atomic mass is 32.2. The van der Waals surface area contributed by atoms with E-state index in [0.29, 0.717) is 47.0 Å². The van der Waals surface area contributed by atoms with Gasteiger partial charge >= 0.3 is 6.18 Å². The van der Waals surface area contributed by atoms with Crippen LogP contribution in [0.1, 0.15) is 64.3 Å². The predicted octanol–water partition coefficient (Wildman–Crippen LogP) is 7.29. The molecule has 6 rings (SSSR count). The third-order valence-corrected chi connectivity index (χ3v) is 11.3. The molecular formula is C38H40F5N5O7S. The van der Waals surface area contributed by atoms with Crippen molar-refractivity contribution in [2.24, 2.45) is 0 Å². The minimum Gasteiger partial charge on any atom is -0.497 e. The number of benzene rings is 2. The standard InChI is InChI=1S/C38H40F5N5O7S/c1-52-27-9-7-24(31(18-27)54-3)21-48(22-25-8-10-28(53-2)19-32(25)55-4)56(50,51)33-17-26(11-14-44-33)45-36(49)30-20-29(23-5-6-23)34(38(41,42)43)46-35(30)47-15-12-37(39,40)13-16-47/h7-11,14,17-20,23H,5-6,12-13,15-16,21-22H2,1-4H3,(H,44,45,49). The molecule has 0 bridgehead atoms. The lowest BCUT2D eigenvalue weighted by molar-refractivity contribution is -0.141. The summed E-state index contributed by atoms with van der Waals surface area (Å²) < 4.78 is 123. The van der Waals surface area contributed by atoms with Gasteiger partial charge in [-0.3, -0.25) is 4.79 Å². The number of carbonyl (C=O) groups excluding carboxylic acids is 1. The molecule has 1 aliphatic heterocycles. The van der Waals surface area contributed by atoms with E-state index in [9.17, 15) is 35.2 Å². The van der Waals surface area contributed by atoms with Gasteiger partial charge in [-0.2, -0.15) is 17.5 Å². The van der Waals surface area contributed by atoms with E-state index in [0.717, 1.165) is 22.6 Å². The van der Waals surface area contributed by atoms with Crippen molar-refractivity contribution in [1.82, 2.24) is 14.3 Å². The molecule has 0 spiro atoms. The van der Waals surface area contributed by atoms with Crippen molar-refractivity contribution in [2.75, 3.05) is 51.7 Å². The molecule has 1 aliphatic carbocycles. The summed E-state index contributed by atoms with van der Waals surface area (Å²) in [6.07, 6.45) is -4.02. The molecule has 0 atom stereocenters. The number of pyridine rings is 2. The zero-order chi connectivity index (χ0) is 40.4. The van der Waals surface area contributed by atoms with E-state index >= 15 is 0 Å². The van der Waals surface area contributed by atoms with Gasteiger partial charge in [-0.25, -0.2) is 27.2 Å². The van der Waals surface area contributed by atoms with Crippen molar-refractivity contribution in [3.63, 3.8) is 0 Å². The van der Waals surface area contributed by atoms with Gasteiger partial charge in [0, 0.05) is 80.2 Å². The first-order chi connectivity index (χ1) is 26.6. The fourth-order valence-corrected chi connectivity index (χ4v) is 7.79. The molecule has 0 unspecified atom stereocenters. The topological polar surface area (TPSA) is 132 Å². The van der Waals surface area contributed by atoms with Crippen LogP contribution in [-0.4, -0.2) is 76.0 Å². The molecule has 56 heavy (non-hydrogen) atoms. The highest BCUT2D eigenvalue weighted by molar-refractivity contribution is 7.89. The second-order valence-electron chi connectivity index (χ2n) is 13.4. The average Bonchev–Trinajstić information content (AvgIpc) is 4.03. The smallest absolute Gasteiger partial charge is 0.433 e. The summed E-state index contributed by atoms with van der Waals surface area (Å²) >= 11 is 0. The molecule has 2 aromatic heterocycles. The van der Waals surface area contributed by atoms with Crippen LogP contribution < -0.4 is 29.2 Å². The second-order valence-corrected chi connectivity index (χ2v) is 15.3. The summed E-state index contributed by atoms with van der Waals surface area (Å²) in [6, 6.07) is 13.4. The zero-order valence-electron chi connectivity index (χ0n) is 31.0. The van der Waals surface area contributed by atoms with E-state index in [2.05, 4.69) is 15.3 Å². The summed E-state index contributed by atoms with van der Waals surface area (Å²) in [5, 5.41) is 2.13. The van der Waals surface area contributed by atoms with Crippen molar-refractivity contribution >= 4 is 27.4 Å². The van der Waals surface area contributed by atoms with Gasteiger partial charge in [-0.15, -0.1) is 0 Å². The number of carbonyl (C=O) groups is 1. The number of hydrogen-bond acceptors (Lipinski definition) is 10. The molecule has 18 heteroatoms. The van der Waals surface area contributed by atoms with Gasteiger partial charge < -0.3 is 29.2 Å². The maximum Gasteiger partial charge on any atom is 0.433 e. The quantitative estimate of drug-likeness (QED) is 0.130. The number of anilines is 2. The van der Waals surface area contributed by atoms with Crippen LogP contribution in [0.5, 0.6) is 23.0 Å². The lowest BCUT2D eigenvalue weighted by Crippen LogP contribution is -2.41. The van der Waals surface area contributed by atoms with Crippen molar-refractivity contribution in [3.05, 3.63) is 88.7 Å². The molecule has 2 fully saturated rings. The summed E-state index contributed by atoms with van der Waals surface area (Å²) in [6.45, 7) is -1.07. The summed E-state index contributed by atoms with van der Waals surface area (Å²) in [7, 11) is 1.34. The fourth-order valence-electron chi connectivity index (χ4n) is 6.44. The Kier molecular flexibility index (Phi) is 11.6. The predicted molar refractivity (Wildman–Crippen MR) is 195 cm³/mol. The summed E-state index contributed by atoms with van der Waals surface area (Å²) in [4.78, 5) is 23.2. The number of halogens is 5. The van der Waals surface area contributed by atoms with Gasteiger partial charge in [0.15, 0.2) is 5.03 Å². The molecule has 2 aliphatic rings. The lowest BCUT2D eigenvalue weighted by atomic mass is 10.0. The first-order valence-electron chi connectivity index (χ1n) is 17.5. The summed E-state index contributed by atoms with van der Waals surface area (Å²) in [5.41, 5.74) is -0.660. The largest absolute Gasteiger partial charge is 0.497 e. The highest BCUT2D eigenvalue weighted by Crippen LogP contribution is 2.47. The van der Waals surface area contributed by atoms with E-state index in [1.807, 2.05) is 0 Å². The lowest BCUT2D eigenvalue weighted by Gasteiger charge is -2.34. The summed E-state index contributed by atoms with van der Waals surface area (Å²) in [5.74, 6) is -3.10. The van der Waals surface area contributed by atoms with Crippen LogP contribution in [-0.2, 0) is 29.3 Å². The Balaban J connectivity index is 1.36. The Bertz CT molecular complexity index is 2130. The Hall–Kier alpha value is -5.23. The fraction of sp³-hybridized carbons (Fsp3) is 0.395. The maximum atomic E-state index is 14.5. The Morgan fingerprint density at radius 2 is 1.45 bits per heavy atom. The number of ether oxygens (including phenoxy) is 4. The van der Waals surface area contributed by atoms with Crippen LogP contribution in [0.4, 0.5) is 33.5 Å². The van der Waals surface area contributed by atoms with Crippen molar-refractivity contribution in [1.29, 1.82) is 0 Å². The molecule has 1 amide bonds. The van der Waals surface area contributed by atoms with Gasteiger partial charge in [0.05, 0.1) is 34.0 Å². The van der Waals surface area contributed by atoms with Gasteiger partial charge in [0.2, 0.25) is 0 Å². The van der Waals surface area contributed by atoms with Crippen LogP contribution >= 0.6 is 0 Å². The molecule has 1 saturated heterocycles. The zero-order valence-corrected chi connectivity index (χ0v) is 31.8. The number of nitrogens with zero attached hydrogens (tertiary/aromatic N) is 4. The van der Waals surface area contributed by atoms with Crippen LogP contribution in [0.2, 0.25) is 0 Å². The van der Waals surface area contributed by atoms with Crippen molar-refractivity contribution in [2.45, 2.75) is 61.8 Å². The average molecular weight is 806 g/mol. The molecular weight excluding hydrogens is 766 g/mol. The second kappa shape index (κ2) is 16.1.